The summed E-state index contributed by atoms with van der Waals surface area (Å²) in [7, 11) is -2.65. The van der Waals surface area contributed by atoms with Crippen molar-refractivity contribution in [2.24, 2.45) is 0 Å². The maximum absolute atomic E-state index is 8.83. The van der Waals surface area contributed by atoms with Gasteiger partial charge in [-0.05, 0) is 12.1 Å². The second-order valence-corrected chi connectivity index (χ2v) is 5.07. The number of hydrogen-bond acceptors (Lipinski definition) is 2. The third-order valence-electron chi connectivity index (χ3n) is 1.13. The van der Waals surface area contributed by atoms with Crippen LogP contribution in [0.2, 0.25) is 12.1 Å². The van der Waals surface area contributed by atoms with Gasteiger partial charge in [-0.2, -0.15) is 0 Å². The van der Waals surface area contributed by atoms with E-state index in [0.29, 0.717) is 12.1 Å². The van der Waals surface area contributed by atoms with Gasteiger partial charge in [-0.15, -0.1) is 0 Å². The van der Waals surface area contributed by atoms with Gasteiger partial charge < -0.3 is 12.4 Å². The largest absolute Gasteiger partial charge is 1.00 e. The maximum Gasteiger partial charge on any atom is 1.00 e. The Balaban J connectivity index is -0.0000000300. The van der Waals surface area contributed by atoms with Crippen molar-refractivity contribution in [2.45, 2.75) is 25.9 Å². The summed E-state index contributed by atoms with van der Waals surface area (Å²) in [5, 5.41) is 0. The molecule has 0 fully saturated rings. The van der Waals surface area contributed by atoms with E-state index in [1.165, 1.54) is 0 Å². The molecule has 0 unspecified atom stereocenters. The van der Waals surface area contributed by atoms with E-state index < -0.39 is 8.56 Å². The molecule has 2 N–H and O–H groups in total. The molecule has 0 aromatic carbocycles. The van der Waals surface area contributed by atoms with Crippen LogP contribution >= 0.6 is 0 Å². The Kier molecular flexibility index (Phi) is 13.8. The van der Waals surface area contributed by atoms with Gasteiger partial charge in [-0.3, -0.25) is 0 Å². The van der Waals surface area contributed by atoms with Crippen LogP contribution in [0.1, 0.15) is 16.7 Å². The topological polar surface area (TPSA) is 40.5 Å². The number of rotatable bonds is 2. The summed E-state index contributed by atoms with van der Waals surface area (Å²) >= 11 is 0. The molecule has 0 aliphatic rings. The second kappa shape index (κ2) is 7.44. The van der Waals surface area contributed by atoms with Crippen LogP contribution in [0, 0.1) is 0 Å². The molecule has 0 radical (unpaired) electrons. The Labute approximate surface area is 84.6 Å². The third-order valence-corrected chi connectivity index (χ3v) is 3.40. The molecule has 0 bridgehead atoms. The normalized spacial score (nSPS) is 9.33. The monoisotopic (exact) mass is 136 g/mol. The van der Waals surface area contributed by atoms with Crippen LogP contribution in [0.4, 0.5) is 0 Å². The van der Waals surface area contributed by atoms with Crippen LogP contribution in [-0.4, -0.2) is 18.2 Å². The Morgan fingerprint density at radius 1 is 1.11 bits per heavy atom. The molecule has 0 saturated carbocycles. The molecule has 0 aliphatic carbocycles. The summed E-state index contributed by atoms with van der Waals surface area (Å²) in [4.78, 5) is 17.7. The van der Waals surface area contributed by atoms with Gasteiger partial charge in [0, 0.05) is 0 Å². The van der Waals surface area contributed by atoms with E-state index in [2.05, 4.69) is 0 Å². The smallest absolute Gasteiger partial charge is 1.00 e. The van der Waals surface area contributed by atoms with E-state index in [-0.39, 0.29) is 40.6 Å². The van der Waals surface area contributed by atoms with E-state index in [9.17, 15) is 0 Å². The summed E-state index contributed by atoms with van der Waals surface area (Å²) in [6.07, 6.45) is 0. The quantitative estimate of drug-likeness (QED) is 0.372. The van der Waals surface area contributed by atoms with Gasteiger partial charge in [0.15, 0.2) is 0 Å². The minimum Gasteiger partial charge on any atom is -1.00 e. The first-order chi connectivity index (χ1) is 3.12. The fourth-order valence-corrected chi connectivity index (χ4v) is 0.750. The van der Waals surface area contributed by atoms with Crippen LogP contribution in [0.25, 0.3) is 0 Å². The van der Waals surface area contributed by atoms with Crippen molar-refractivity contribution in [1.82, 2.24) is 0 Å². The van der Waals surface area contributed by atoms with Crippen molar-refractivity contribution in [1.29, 1.82) is 0 Å². The van der Waals surface area contributed by atoms with Gasteiger partial charge in [-0.25, -0.2) is 0 Å². The number of hydrogen-bond donors (Lipinski definition) is 2. The zero-order valence-electron chi connectivity index (χ0n) is 8.81. The van der Waals surface area contributed by atoms with E-state index in [1.807, 2.05) is 0 Å². The van der Waals surface area contributed by atoms with Crippen molar-refractivity contribution in [2.75, 3.05) is 0 Å². The minimum absolute atomic E-state index is 0. The molecular formula is C4H14Li2O2Si. The SMILES string of the molecule is CC[Si](O)(O)CC.[H-].[H-].[Li+].[Li+]. The Morgan fingerprint density at radius 2 is 1.33 bits per heavy atom. The molecule has 0 aromatic rings. The first kappa shape index (κ1) is 16.7. The van der Waals surface area contributed by atoms with Gasteiger partial charge in [-0.1, -0.05) is 13.8 Å². The third kappa shape index (κ3) is 9.33. The maximum atomic E-state index is 8.83. The average Bonchev–Trinajstić information content (AvgIpc) is 1.68. The van der Waals surface area contributed by atoms with Crippen LogP contribution in [-0.2, 0) is 0 Å². The standard InChI is InChI=1S/C4H12O2Si.2Li.2H/c1-3-7(5,6)4-2;;;;/h5-6H,3-4H2,1-2H3;;;;/q;2*+1;2*-1. The molecule has 0 aromatic heterocycles. The summed E-state index contributed by atoms with van der Waals surface area (Å²) in [5.74, 6) is 0. The van der Waals surface area contributed by atoms with Gasteiger partial charge in [0.25, 0.3) is 0 Å². The predicted molar refractivity (Wildman–Crippen MR) is 33.4 cm³/mol. The molecule has 0 atom stereocenters. The predicted octanol–water partition coefficient (Wildman–Crippen LogP) is -5.31. The van der Waals surface area contributed by atoms with E-state index in [1.54, 1.807) is 13.8 Å². The minimum atomic E-state index is -2.65. The molecule has 2 nitrogen and oxygen atoms in total. The van der Waals surface area contributed by atoms with Crippen molar-refractivity contribution in [3.63, 3.8) is 0 Å². The molecule has 0 heterocycles. The first-order valence-electron chi connectivity index (χ1n) is 2.57. The molecule has 48 valence electrons. The van der Waals surface area contributed by atoms with Gasteiger partial charge in [0.1, 0.15) is 0 Å². The summed E-state index contributed by atoms with van der Waals surface area (Å²) in [5.41, 5.74) is 0. The van der Waals surface area contributed by atoms with Crippen LogP contribution < -0.4 is 37.7 Å². The van der Waals surface area contributed by atoms with E-state index >= 15 is 0 Å². The van der Waals surface area contributed by atoms with Gasteiger partial charge >= 0.3 is 46.3 Å². The Bertz CT molecular complexity index is 62.1. The van der Waals surface area contributed by atoms with Gasteiger partial charge in [0.05, 0.1) is 0 Å². The molecule has 0 rings (SSSR count). The zero-order valence-corrected chi connectivity index (χ0v) is 7.81. The zero-order chi connectivity index (χ0) is 5.91. The molecule has 5 heteroatoms. The van der Waals surface area contributed by atoms with E-state index in [4.69, 9.17) is 9.59 Å². The van der Waals surface area contributed by atoms with Crippen LogP contribution in [0.15, 0.2) is 0 Å². The fraction of sp³-hybridized carbons (Fsp3) is 1.00. The summed E-state index contributed by atoms with van der Waals surface area (Å²) in [6, 6.07) is 1.09. The van der Waals surface area contributed by atoms with Gasteiger partial charge in [0.2, 0.25) is 0 Å². The molecule has 9 heavy (non-hydrogen) atoms. The van der Waals surface area contributed by atoms with Crippen molar-refractivity contribution in [3.05, 3.63) is 0 Å². The Hall–Kier alpha value is 1.33. The molecular weight excluding hydrogens is 122 g/mol. The van der Waals surface area contributed by atoms with Crippen molar-refractivity contribution < 1.29 is 50.2 Å². The molecule has 0 saturated heterocycles. The van der Waals surface area contributed by atoms with E-state index in [0.717, 1.165) is 0 Å². The molecule has 0 aliphatic heterocycles. The van der Waals surface area contributed by atoms with Crippen LogP contribution in [0.5, 0.6) is 0 Å². The fourth-order valence-electron chi connectivity index (χ4n) is 0.250. The first-order valence-corrected chi connectivity index (χ1v) is 4.88. The second-order valence-electron chi connectivity index (χ2n) is 1.69. The Morgan fingerprint density at radius 3 is 1.33 bits per heavy atom. The van der Waals surface area contributed by atoms with Crippen molar-refractivity contribution >= 4 is 8.56 Å². The molecule has 0 amide bonds. The average molecular weight is 136 g/mol. The van der Waals surface area contributed by atoms with Crippen molar-refractivity contribution in [3.8, 4) is 0 Å². The summed E-state index contributed by atoms with van der Waals surface area (Å²) in [6.45, 7) is 3.60. The van der Waals surface area contributed by atoms with Crippen LogP contribution in [0.3, 0.4) is 0 Å². The summed E-state index contributed by atoms with van der Waals surface area (Å²) < 4.78 is 0. The molecule has 0 spiro atoms.